The van der Waals surface area contributed by atoms with Gasteiger partial charge in [0.25, 0.3) is 0 Å². The normalized spacial score (nSPS) is 16.7. The molecule has 3 rings (SSSR count). The lowest BCUT2D eigenvalue weighted by Crippen LogP contribution is -2.45. The number of nitrogens with zero attached hydrogens (tertiary/aromatic N) is 1. The summed E-state index contributed by atoms with van der Waals surface area (Å²) in [5.74, 6) is 0.690. The number of benzene rings is 1. The Bertz CT molecular complexity index is 698. The first-order valence-corrected chi connectivity index (χ1v) is 8.90. The Morgan fingerprint density at radius 2 is 1.83 bits per heavy atom. The molecule has 0 saturated heterocycles. The number of hydrogen-bond donors (Lipinski definition) is 2. The number of anilines is 3. The standard InChI is InChI=1S/C19H24BrN3/c1-18(2,3)19(9-4-10-19)13-5-7-15(8-6-13)23-17-16(21)11-14(20)12-22-17/h5-8,11-12H,4,9-10,21H2,1-3H3,(H,22,23). The molecular formula is C19H24BrN3. The average molecular weight is 374 g/mol. The molecule has 1 fully saturated rings. The van der Waals surface area contributed by atoms with Crippen LogP contribution in [0.25, 0.3) is 0 Å². The maximum atomic E-state index is 6.00. The lowest BCUT2D eigenvalue weighted by atomic mass is 9.52. The van der Waals surface area contributed by atoms with Gasteiger partial charge in [0.15, 0.2) is 5.82 Å². The Labute approximate surface area is 146 Å². The largest absolute Gasteiger partial charge is 0.396 e. The lowest BCUT2D eigenvalue weighted by Gasteiger charge is -2.52. The molecule has 0 amide bonds. The number of halogens is 1. The molecule has 0 radical (unpaired) electrons. The Balaban J connectivity index is 1.82. The summed E-state index contributed by atoms with van der Waals surface area (Å²) in [6.45, 7) is 7.06. The van der Waals surface area contributed by atoms with Gasteiger partial charge in [0.1, 0.15) is 0 Å². The monoisotopic (exact) mass is 373 g/mol. The summed E-state index contributed by atoms with van der Waals surface area (Å²) in [6.07, 6.45) is 5.64. The van der Waals surface area contributed by atoms with E-state index in [4.69, 9.17) is 5.73 Å². The van der Waals surface area contributed by atoms with Gasteiger partial charge in [0, 0.05) is 21.8 Å². The van der Waals surface area contributed by atoms with E-state index in [1.807, 2.05) is 6.07 Å². The van der Waals surface area contributed by atoms with Gasteiger partial charge in [0.05, 0.1) is 5.69 Å². The number of hydrogen-bond acceptors (Lipinski definition) is 3. The van der Waals surface area contributed by atoms with Crippen LogP contribution in [0.3, 0.4) is 0 Å². The number of nitrogens with one attached hydrogen (secondary N) is 1. The van der Waals surface area contributed by atoms with E-state index in [9.17, 15) is 0 Å². The lowest BCUT2D eigenvalue weighted by molar-refractivity contribution is 0.0852. The highest BCUT2D eigenvalue weighted by Crippen LogP contribution is 2.55. The molecule has 3 nitrogen and oxygen atoms in total. The van der Waals surface area contributed by atoms with Crippen molar-refractivity contribution in [1.29, 1.82) is 0 Å². The zero-order chi connectivity index (χ0) is 16.7. The van der Waals surface area contributed by atoms with Gasteiger partial charge >= 0.3 is 0 Å². The molecule has 0 spiro atoms. The SMILES string of the molecule is CC(C)(C)C1(c2ccc(Nc3ncc(Br)cc3N)cc2)CCC1. The molecule has 0 unspecified atom stereocenters. The Morgan fingerprint density at radius 1 is 1.17 bits per heavy atom. The van der Waals surface area contributed by atoms with Crippen LogP contribution in [0.5, 0.6) is 0 Å². The average Bonchev–Trinajstić information content (AvgIpc) is 2.41. The predicted octanol–water partition coefficient (Wildman–Crippen LogP) is 5.64. The zero-order valence-corrected chi connectivity index (χ0v) is 15.6. The molecule has 23 heavy (non-hydrogen) atoms. The molecule has 3 N–H and O–H groups in total. The van der Waals surface area contributed by atoms with E-state index < -0.39 is 0 Å². The third-order valence-corrected chi connectivity index (χ3v) is 5.66. The summed E-state index contributed by atoms with van der Waals surface area (Å²) >= 11 is 3.38. The first-order valence-electron chi connectivity index (χ1n) is 8.10. The third-order valence-electron chi connectivity index (χ3n) is 5.23. The van der Waals surface area contributed by atoms with E-state index in [0.717, 1.165) is 10.2 Å². The van der Waals surface area contributed by atoms with Crippen LogP contribution in [0.1, 0.15) is 45.6 Å². The fourth-order valence-electron chi connectivity index (χ4n) is 3.57. The van der Waals surface area contributed by atoms with Gasteiger partial charge in [-0.1, -0.05) is 39.3 Å². The van der Waals surface area contributed by atoms with Crippen LogP contribution in [0.4, 0.5) is 17.2 Å². The van der Waals surface area contributed by atoms with Crippen molar-refractivity contribution < 1.29 is 0 Å². The second-order valence-corrected chi connectivity index (χ2v) is 8.40. The topological polar surface area (TPSA) is 50.9 Å². The number of nitrogens with two attached hydrogens (primary N) is 1. The van der Waals surface area contributed by atoms with Crippen LogP contribution in [0.2, 0.25) is 0 Å². The number of aromatic nitrogens is 1. The van der Waals surface area contributed by atoms with Crippen molar-refractivity contribution in [3.8, 4) is 0 Å². The van der Waals surface area contributed by atoms with Crippen LogP contribution in [0.15, 0.2) is 41.0 Å². The van der Waals surface area contributed by atoms with Crippen molar-refractivity contribution in [3.05, 3.63) is 46.6 Å². The van der Waals surface area contributed by atoms with E-state index in [0.29, 0.717) is 16.9 Å². The zero-order valence-electron chi connectivity index (χ0n) is 14.0. The Hall–Kier alpha value is -1.55. The van der Waals surface area contributed by atoms with Gasteiger partial charge in [-0.3, -0.25) is 0 Å². The van der Waals surface area contributed by atoms with Crippen molar-refractivity contribution in [3.63, 3.8) is 0 Å². The van der Waals surface area contributed by atoms with Crippen LogP contribution >= 0.6 is 15.9 Å². The highest BCUT2D eigenvalue weighted by atomic mass is 79.9. The van der Waals surface area contributed by atoms with Gasteiger partial charge in [-0.2, -0.15) is 0 Å². The van der Waals surface area contributed by atoms with E-state index in [-0.39, 0.29) is 5.41 Å². The van der Waals surface area contributed by atoms with Gasteiger partial charge in [-0.05, 0) is 57.9 Å². The molecule has 0 aliphatic heterocycles. The van der Waals surface area contributed by atoms with Crippen molar-refractivity contribution in [2.24, 2.45) is 5.41 Å². The molecular weight excluding hydrogens is 350 g/mol. The molecule has 0 atom stereocenters. The fraction of sp³-hybridized carbons (Fsp3) is 0.421. The number of nitrogen functional groups attached to an aromatic ring is 1. The quantitative estimate of drug-likeness (QED) is 0.731. The summed E-state index contributed by atoms with van der Waals surface area (Å²) in [6, 6.07) is 10.6. The number of rotatable bonds is 3. The highest BCUT2D eigenvalue weighted by molar-refractivity contribution is 9.10. The highest BCUT2D eigenvalue weighted by Gasteiger charge is 2.47. The third kappa shape index (κ3) is 2.97. The predicted molar refractivity (Wildman–Crippen MR) is 101 cm³/mol. The van der Waals surface area contributed by atoms with Gasteiger partial charge in [-0.25, -0.2) is 4.98 Å². The molecule has 1 saturated carbocycles. The second kappa shape index (κ2) is 5.82. The maximum absolute atomic E-state index is 6.00. The van der Waals surface area contributed by atoms with Gasteiger partial charge in [-0.15, -0.1) is 0 Å². The van der Waals surface area contributed by atoms with Crippen molar-refractivity contribution in [1.82, 2.24) is 4.98 Å². The van der Waals surface area contributed by atoms with E-state index >= 15 is 0 Å². The van der Waals surface area contributed by atoms with E-state index in [2.05, 4.69) is 71.3 Å². The molecule has 1 aliphatic rings. The van der Waals surface area contributed by atoms with Crippen LogP contribution < -0.4 is 11.1 Å². The molecule has 2 aromatic rings. The molecule has 1 aromatic carbocycles. The van der Waals surface area contributed by atoms with Crippen molar-refractivity contribution in [2.75, 3.05) is 11.1 Å². The van der Waals surface area contributed by atoms with Crippen LogP contribution in [-0.4, -0.2) is 4.98 Å². The van der Waals surface area contributed by atoms with E-state index in [1.165, 1.54) is 24.8 Å². The summed E-state index contributed by atoms with van der Waals surface area (Å²) in [5.41, 5.74) is 9.70. The maximum Gasteiger partial charge on any atom is 0.153 e. The van der Waals surface area contributed by atoms with Crippen molar-refractivity contribution >= 4 is 33.1 Å². The van der Waals surface area contributed by atoms with Crippen LogP contribution in [-0.2, 0) is 5.41 Å². The Morgan fingerprint density at radius 3 is 2.30 bits per heavy atom. The molecule has 4 heteroatoms. The minimum Gasteiger partial charge on any atom is -0.396 e. The summed E-state index contributed by atoms with van der Waals surface area (Å²) in [5, 5.41) is 3.30. The minimum atomic E-state index is 0.290. The molecule has 1 aromatic heterocycles. The fourth-order valence-corrected chi connectivity index (χ4v) is 3.92. The summed E-state index contributed by atoms with van der Waals surface area (Å²) < 4.78 is 0.882. The minimum absolute atomic E-state index is 0.290. The van der Waals surface area contributed by atoms with Crippen LogP contribution in [0, 0.1) is 5.41 Å². The second-order valence-electron chi connectivity index (χ2n) is 7.48. The molecule has 1 aliphatic carbocycles. The first kappa shape index (κ1) is 16.3. The first-order chi connectivity index (χ1) is 10.8. The Kier molecular flexibility index (Phi) is 4.13. The van der Waals surface area contributed by atoms with Gasteiger partial charge in [0.2, 0.25) is 0 Å². The molecule has 122 valence electrons. The van der Waals surface area contributed by atoms with Gasteiger partial charge < -0.3 is 11.1 Å². The molecule has 1 heterocycles. The smallest absolute Gasteiger partial charge is 0.153 e. The van der Waals surface area contributed by atoms with Crippen molar-refractivity contribution in [2.45, 2.75) is 45.4 Å². The molecule has 0 bridgehead atoms. The van der Waals surface area contributed by atoms with E-state index in [1.54, 1.807) is 6.20 Å². The summed E-state index contributed by atoms with van der Waals surface area (Å²) in [7, 11) is 0. The number of pyridine rings is 1. The summed E-state index contributed by atoms with van der Waals surface area (Å²) in [4.78, 5) is 4.33.